The van der Waals surface area contributed by atoms with E-state index >= 15 is 0 Å². The molecule has 5 nitrogen and oxygen atoms in total. The van der Waals surface area contributed by atoms with Crippen molar-refractivity contribution >= 4 is 29.9 Å². The van der Waals surface area contributed by atoms with Crippen LogP contribution in [0, 0.1) is 0 Å². The van der Waals surface area contributed by atoms with Crippen LogP contribution in [0.15, 0.2) is 29.3 Å². The van der Waals surface area contributed by atoms with E-state index in [9.17, 15) is 0 Å². The van der Waals surface area contributed by atoms with Gasteiger partial charge >= 0.3 is 0 Å². The molecular weight excluding hydrogens is 451 g/mol. The van der Waals surface area contributed by atoms with Crippen molar-refractivity contribution in [2.75, 3.05) is 39.8 Å². The van der Waals surface area contributed by atoms with Gasteiger partial charge in [0.05, 0.1) is 7.11 Å². The number of hydrogen-bond acceptors (Lipinski definition) is 3. The highest BCUT2D eigenvalue weighted by Gasteiger charge is 2.19. The molecule has 0 aromatic heterocycles. The minimum Gasteiger partial charge on any atom is -0.496 e. The smallest absolute Gasteiger partial charge is 0.191 e. The zero-order valence-corrected chi connectivity index (χ0v) is 19.7. The summed E-state index contributed by atoms with van der Waals surface area (Å²) in [6.45, 7) is 11.8. The van der Waals surface area contributed by atoms with Crippen LogP contribution in [0.25, 0.3) is 0 Å². The highest BCUT2D eigenvalue weighted by atomic mass is 127. The normalized spacial score (nSPS) is 17.1. The van der Waals surface area contributed by atoms with Gasteiger partial charge in [-0.3, -0.25) is 4.99 Å². The number of benzene rings is 1. The predicted octanol–water partition coefficient (Wildman–Crippen LogP) is 3.85. The summed E-state index contributed by atoms with van der Waals surface area (Å²) in [5.41, 5.74) is 1.21. The second-order valence-corrected chi connectivity index (χ2v) is 7.12. The third-order valence-electron chi connectivity index (χ3n) is 5.01. The van der Waals surface area contributed by atoms with Crippen molar-refractivity contribution in [2.24, 2.45) is 4.99 Å². The van der Waals surface area contributed by atoms with Gasteiger partial charge in [-0.05, 0) is 44.4 Å². The fourth-order valence-corrected chi connectivity index (χ4v) is 3.53. The average Bonchev–Trinajstić information content (AvgIpc) is 2.67. The molecule has 0 bridgehead atoms. The number of rotatable bonds is 8. The quantitative estimate of drug-likeness (QED) is 0.332. The Labute approximate surface area is 182 Å². The number of piperidine rings is 1. The molecule has 0 saturated carbocycles. The van der Waals surface area contributed by atoms with Crippen LogP contribution in [-0.2, 0) is 0 Å². The molecule has 2 N–H and O–H groups in total. The lowest BCUT2D eigenvalue weighted by Gasteiger charge is -2.32. The van der Waals surface area contributed by atoms with Gasteiger partial charge in [0.1, 0.15) is 5.75 Å². The summed E-state index contributed by atoms with van der Waals surface area (Å²) in [4.78, 5) is 7.40. The Kier molecular flexibility index (Phi) is 11.7. The second-order valence-electron chi connectivity index (χ2n) is 7.12. The van der Waals surface area contributed by atoms with Gasteiger partial charge in [-0.2, -0.15) is 0 Å². The lowest BCUT2D eigenvalue weighted by atomic mass is 10.0. The van der Waals surface area contributed by atoms with Gasteiger partial charge in [-0.25, -0.2) is 0 Å². The molecule has 1 aromatic carbocycles. The van der Waals surface area contributed by atoms with Crippen LogP contribution in [0.4, 0.5) is 0 Å². The van der Waals surface area contributed by atoms with E-state index in [4.69, 9.17) is 9.73 Å². The third kappa shape index (κ3) is 7.86. The first-order valence-electron chi connectivity index (χ1n) is 10.1. The molecule has 27 heavy (non-hydrogen) atoms. The number of likely N-dealkylation sites (tertiary alicyclic amines) is 1. The van der Waals surface area contributed by atoms with E-state index in [0.29, 0.717) is 12.0 Å². The van der Waals surface area contributed by atoms with E-state index in [1.165, 1.54) is 44.5 Å². The Morgan fingerprint density at radius 3 is 2.59 bits per heavy atom. The largest absolute Gasteiger partial charge is 0.496 e. The zero-order chi connectivity index (χ0) is 18.8. The van der Waals surface area contributed by atoms with Crippen LogP contribution in [-0.4, -0.2) is 56.7 Å². The van der Waals surface area contributed by atoms with Gasteiger partial charge < -0.3 is 20.3 Å². The number of methoxy groups -OCH3 is 1. The lowest BCUT2D eigenvalue weighted by molar-refractivity contribution is 0.206. The molecule has 1 unspecified atom stereocenters. The van der Waals surface area contributed by atoms with Crippen molar-refractivity contribution in [1.82, 2.24) is 15.5 Å². The van der Waals surface area contributed by atoms with Crippen LogP contribution < -0.4 is 15.4 Å². The molecule has 1 atom stereocenters. The van der Waals surface area contributed by atoms with Crippen molar-refractivity contribution in [3.05, 3.63) is 29.8 Å². The highest BCUT2D eigenvalue weighted by molar-refractivity contribution is 14.0. The molecule has 0 aliphatic carbocycles. The van der Waals surface area contributed by atoms with Crippen LogP contribution >= 0.6 is 24.0 Å². The number of aliphatic imine (C=N–C) groups is 1. The maximum atomic E-state index is 5.49. The SMILES string of the molecule is CCCN1CCC(NC(=NCC(C)c2ccccc2OC)NCC)CC1.I. The number of hydrogen-bond donors (Lipinski definition) is 2. The van der Waals surface area contributed by atoms with Gasteiger partial charge in [0.15, 0.2) is 5.96 Å². The van der Waals surface area contributed by atoms with Crippen LogP contribution in [0.3, 0.4) is 0 Å². The van der Waals surface area contributed by atoms with E-state index in [-0.39, 0.29) is 24.0 Å². The maximum absolute atomic E-state index is 5.49. The minimum absolute atomic E-state index is 0. The van der Waals surface area contributed by atoms with Gasteiger partial charge in [0.2, 0.25) is 0 Å². The minimum atomic E-state index is 0. The molecular formula is C21H37IN4O. The number of nitrogens with one attached hydrogen (secondary N) is 2. The number of guanidine groups is 1. The molecule has 6 heteroatoms. The fourth-order valence-electron chi connectivity index (χ4n) is 3.53. The number of halogens is 1. The van der Waals surface area contributed by atoms with E-state index in [1.807, 2.05) is 12.1 Å². The predicted molar refractivity (Wildman–Crippen MR) is 126 cm³/mol. The zero-order valence-electron chi connectivity index (χ0n) is 17.3. The topological polar surface area (TPSA) is 48.9 Å². The van der Waals surface area contributed by atoms with E-state index < -0.39 is 0 Å². The van der Waals surface area contributed by atoms with Gasteiger partial charge in [-0.15, -0.1) is 24.0 Å². The number of nitrogens with zero attached hydrogens (tertiary/aromatic N) is 2. The number of para-hydroxylation sites is 1. The fraction of sp³-hybridized carbons (Fsp3) is 0.667. The highest BCUT2D eigenvalue weighted by Crippen LogP contribution is 2.26. The molecule has 0 radical (unpaired) electrons. The first-order valence-corrected chi connectivity index (χ1v) is 10.1. The summed E-state index contributed by atoms with van der Waals surface area (Å²) in [6.07, 6.45) is 3.61. The third-order valence-corrected chi connectivity index (χ3v) is 5.01. The Balaban J connectivity index is 0.00000364. The van der Waals surface area contributed by atoms with Gasteiger partial charge in [0, 0.05) is 38.1 Å². The molecule has 2 rings (SSSR count). The molecule has 1 saturated heterocycles. The standard InChI is InChI=1S/C21H36N4O.HI/c1-5-13-25-14-11-18(12-15-25)24-21(22-6-2)23-16-17(3)19-9-7-8-10-20(19)26-4;/h7-10,17-18H,5-6,11-16H2,1-4H3,(H2,22,23,24);1H. The molecule has 0 amide bonds. The van der Waals surface area contributed by atoms with Crippen LogP contribution in [0.1, 0.15) is 51.5 Å². The Bertz CT molecular complexity index is 559. The summed E-state index contributed by atoms with van der Waals surface area (Å²) in [5.74, 6) is 2.19. The Morgan fingerprint density at radius 1 is 1.26 bits per heavy atom. The molecule has 1 aliphatic heterocycles. The van der Waals surface area contributed by atoms with E-state index in [2.05, 4.69) is 48.4 Å². The Morgan fingerprint density at radius 2 is 1.96 bits per heavy atom. The molecule has 1 fully saturated rings. The summed E-state index contributed by atoms with van der Waals surface area (Å²) in [6, 6.07) is 8.73. The number of ether oxygens (including phenoxy) is 1. The molecule has 0 spiro atoms. The van der Waals surface area contributed by atoms with Crippen LogP contribution in [0.5, 0.6) is 5.75 Å². The molecule has 154 valence electrons. The van der Waals surface area contributed by atoms with Crippen molar-refractivity contribution in [2.45, 2.75) is 52.0 Å². The lowest BCUT2D eigenvalue weighted by Crippen LogP contribution is -2.48. The summed E-state index contributed by atoms with van der Waals surface area (Å²) < 4.78 is 5.49. The van der Waals surface area contributed by atoms with E-state index in [1.54, 1.807) is 7.11 Å². The first kappa shape index (κ1) is 24.0. The van der Waals surface area contributed by atoms with Gasteiger partial charge in [0.25, 0.3) is 0 Å². The summed E-state index contributed by atoms with van der Waals surface area (Å²) in [5, 5.41) is 7.03. The van der Waals surface area contributed by atoms with Crippen molar-refractivity contribution in [3.8, 4) is 5.75 Å². The summed E-state index contributed by atoms with van der Waals surface area (Å²) >= 11 is 0. The Hall–Kier alpha value is -1.02. The maximum Gasteiger partial charge on any atom is 0.191 e. The van der Waals surface area contributed by atoms with Crippen molar-refractivity contribution in [3.63, 3.8) is 0 Å². The van der Waals surface area contributed by atoms with Crippen molar-refractivity contribution < 1.29 is 4.74 Å². The second kappa shape index (κ2) is 13.2. The average molecular weight is 488 g/mol. The van der Waals surface area contributed by atoms with Crippen LogP contribution in [0.2, 0.25) is 0 Å². The summed E-state index contributed by atoms with van der Waals surface area (Å²) in [7, 11) is 1.73. The molecule has 1 aliphatic rings. The molecule has 1 heterocycles. The monoisotopic (exact) mass is 488 g/mol. The van der Waals surface area contributed by atoms with E-state index in [0.717, 1.165) is 24.8 Å². The van der Waals surface area contributed by atoms with Crippen molar-refractivity contribution in [1.29, 1.82) is 0 Å². The van der Waals surface area contributed by atoms with Gasteiger partial charge in [-0.1, -0.05) is 32.0 Å². The first-order chi connectivity index (χ1) is 12.7. The molecule has 1 aromatic rings.